The van der Waals surface area contributed by atoms with Gasteiger partial charge in [0.2, 0.25) is 0 Å². The highest BCUT2D eigenvalue weighted by Gasteiger charge is 2.28. The van der Waals surface area contributed by atoms with Crippen molar-refractivity contribution in [2.75, 3.05) is 19.0 Å². The molecule has 0 N–H and O–H groups in total. The van der Waals surface area contributed by atoms with Crippen molar-refractivity contribution in [3.63, 3.8) is 0 Å². The first kappa shape index (κ1) is 17.4. The van der Waals surface area contributed by atoms with Gasteiger partial charge in [0.1, 0.15) is 4.32 Å². The molecule has 0 radical (unpaired) electrons. The molecule has 0 unspecified atom stereocenters. The molecule has 6 heteroatoms. The maximum atomic E-state index is 12.1. The number of benzene rings is 2. The Labute approximate surface area is 166 Å². The minimum absolute atomic E-state index is 0.0358. The van der Waals surface area contributed by atoms with Crippen LogP contribution >= 0.6 is 35.7 Å². The zero-order chi connectivity index (χ0) is 18.3. The first-order valence-electron chi connectivity index (χ1n) is 8.07. The van der Waals surface area contributed by atoms with Crippen LogP contribution in [0, 0.1) is 0 Å². The van der Waals surface area contributed by atoms with Crippen LogP contribution in [0.5, 0.6) is 0 Å². The maximum Gasteiger partial charge on any atom is 0.265 e. The number of carbonyl (C=O) groups is 1. The molecule has 130 valence electrons. The van der Waals surface area contributed by atoms with Crippen LogP contribution in [0.1, 0.15) is 0 Å². The second-order valence-corrected chi connectivity index (χ2v) is 8.72. The van der Waals surface area contributed by atoms with E-state index in [1.165, 1.54) is 38.4 Å². The lowest BCUT2D eigenvalue weighted by molar-refractivity contribution is -0.121. The Morgan fingerprint density at radius 1 is 0.923 bits per heavy atom. The van der Waals surface area contributed by atoms with Gasteiger partial charge in [-0.25, -0.2) is 0 Å². The molecule has 1 saturated heterocycles. The van der Waals surface area contributed by atoms with Crippen LogP contribution in [0.15, 0.2) is 75.5 Å². The lowest BCUT2D eigenvalue weighted by Crippen LogP contribution is -2.22. The fraction of sp³-hybridized carbons (Fsp3) is 0.100. The third-order valence-electron chi connectivity index (χ3n) is 4.34. The quantitative estimate of drug-likeness (QED) is 0.518. The SMILES string of the molecule is CN1C(=O)C(=CC=C2Sc3ccc(-c4ccccc4)cc3N2C)SC1=S. The minimum atomic E-state index is -0.0358. The Balaban J connectivity index is 1.62. The molecule has 2 aromatic carbocycles. The minimum Gasteiger partial charge on any atom is -0.338 e. The lowest BCUT2D eigenvalue weighted by atomic mass is 10.1. The fourth-order valence-corrected chi connectivity index (χ4v) is 4.98. The Bertz CT molecular complexity index is 966. The highest BCUT2D eigenvalue weighted by molar-refractivity contribution is 8.26. The number of hydrogen-bond donors (Lipinski definition) is 0. The molecule has 0 atom stereocenters. The third kappa shape index (κ3) is 3.09. The van der Waals surface area contributed by atoms with Crippen molar-refractivity contribution in [2.24, 2.45) is 0 Å². The predicted molar refractivity (Wildman–Crippen MR) is 115 cm³/mol. The molecule has 2 aliphatic heterocycles. The first-order chi connectivity index (χ1) is 12.5. The normalized spacial score (nSPS) is 19.8. The summed E-state index contributed by atoms with van der Waals surface area (Å²) in [6.07, 6.45) is 3.86. The topological polar surface area (TPSA) is 23.6 Å². The van der Waals surface area contributed by atoms with Gasteiger partial charge in [0.25, 0.3) is 5.91 Å². The van der Waals surface area contributed by atoms with Gasteiger partial charge in [-0.3, -0.25) is 9.69 Å². The van der Waals surface area contributed by atoms with Crippen LogP contribution in [0.2, 0.25) is 0 Å². The molecule has 0 aromatic heterocycles. The molecular formula is C20H16N2OS3. The summed E-state index contributed by atoms with van der Waals surface area (Å²) in [5.74, 6) is -0.0358. The number of carbonyl (C=O) groups excluding carboxylic acids is 1. The summed E-state index contributed by atoms with van der Waals surface area (Å²) in [4.78, 5) is 17.7. The number of allylic oxidation sites excluding steroid dienone is 2. The van der Waals surface area contributed by atoms with E-state index in [1.54, 1.807) is 18.8 Å². The van der Waals surface area contributed by atoms with Crippen molar-refractivity contribution < 1.29 is 4.79 Å². The van der Waals surface area contributed by atoms with Gasteiger partial charge in [0.15, 0.2) is 0 Å². The third-order valence-corrected chi connectivity index (χ3v) is 7.02. The van der Waals surface area contributed by atoms with Crippen LogP contribution in [0.3, 0.4) is 0 Å². The number of rotatable bonds is 2. The average Bonchev–Trinajstić information content (AvgIpc) is 3.11. The Morgan fingerprint density at radius 2 is 1.69 bits per heavy atom. The second kappa shape index (κ2) is 6.95. The van der Waals surface area contributed by atoms with Crippen molar-refractivity contribution in [1.29, 1.82) is 0 Å². The Morgan fingerprint density at radius 3 is 2.38 bits per heavy atom. The summed E-state index contributed by atoms with van der Waals surface area (Å²) in [5.41, 5.74) is 3.58. The molecule has 1 fully saturated rings. The zero-order valence-electron chi connectivity index (χ0n) is 14.3. The van der Waals surface area contributed by atoms with Gasteiger partial charge >= 0.3 is 0 Å². The summed E-state index contributed by atoms with van der Waals surface area (Å²) in [7, 11) is 3.77. The van der Waals surface area contributed by atoms with E-state index in [0.717, 1.165) is 5.03 Å². The fourth-order valence-electron chi connectivity index (χ4n) is 2.83. The number of thioether (sulfide) groups is 2. The van der Waals surface area contributed by atoms with E-state index in [1.807, 2.05) is 18.2 Å². The van der Waals surface area contributed by atoms with E-state index >= 15 is 0 Å². The molecule has 2 aromatic rings. The molecule has 1 amide bonds. The highest BCUT2D eigenvalue weighted by atomic mass is 32.2. The van der Waals surface area contributed by atoms with Gasteiger partial charge in [0, 0.05) is 19.0 Å². The number of thiocarbonyl (C=S) groups is 1. The van der Waals surface area contributed by atoms with Gasteiger partial charge < -0.3 is 4.90 Å². The summed E-state index contributed by atoms with van der Waals surface area (Å²) in [6.45, 7) is 0. The van der Waals surface area contributed by atoms with E-state index < -0.39 is 0 Å². The van der Waals surface area contributed by atoms with Crippen LogP contribution in [0.4, 0.5) is 5.69 Å². The standard InChI is InChI=1S/C20H16N2OS3/c1-21-15-12-14(13-6-4-3-5-7-13)8-9-16(15)25-18(21)11-10-17-19(23)22(2)20(24)26-17/h3-12H,1-2H3. The van der Waals surface area contributed by atoms with Crippen molar-refractivity contribution in [1.82, 2.24) is 4.90 Å². The largest absolute Gasteiger partial charge is 0.338 e. The average molecular weight is 397 g/mol. The number of anilines is 1. The van der Waals surface area contributed by atoms with Crippen molar-refractivity contribution in [3.8, 4) is 11.1 Å². The first-order valence-corrected chi connectivity index (χ1v) is 10.1. The highest BCUT2D eigenvalue weighted by Crippen LogP contribution is 2.46. The van der Waals surface area contributed by atoms with Gasteiger partial charge in [0.05, 0.1) is 15.6 Å². The monoisotopic (exact) mass is 396 g/mol. The van der Waals surface area contributed by atoms with Crippen molar-refractivity contribution in [2.45, 2.75) is 4.90 Å². The van der Waals surface area contributed by atoms with Gasteiger partial charge in [-0.2, -0.15) is 0 Å². The number of amides is 1. The molecule has 4 rings (SSSR count). The summed E-state index contributed by atoms with van der Waals surface area (Å²) < 4.78 is 0.600. The molecule has 0 spiro atoms. The molecule has 0 aliphatic carbocycles. The van der Waals surface area contributed by atoms with E-state index in [2.05, 4.69) is 54.4 Å². The molecule has 0 bridgehead atoms. The molecule has 2 aliphatic rings. The number of hydrogen-bond acceptors (Lipinski definition) is 5. The van der Waals surface area contributed by atoms with Gasteiger partial charge in [-0.15, -0.1) is 0 Å². The van der Waals surface area contributed by atoms with E-state index in [-0.39, 0.29) is 5.91 Å². The second-order valence-electron chi connectivity index (χ2n) is 5.98. The zero-order valence-corrected chi connectivity index (χ0v) is 16.8. The molecule has 26 heavy (non-hydrogen) atoms. The molecule has 3 nitrogen and oxygen atoms in total. The predicted octanol–water partition coefficient (Wildman–Crippen LogP) is 5.11. The number of nitrogens with zero attached hydrogens (tertiary/aromatic N) is 2. The van der Waals surface area contributed by atoms with E-state index in [9.17, 15) is 4.79 Å². The van der Waals surface area contributed by atoms with E-state index in [4.69, 9.17) is 12.2 Å². The van der Waals surface area contributed by atoms with Crippen molar-refractivity contribution in [3.05, 3.63) is 70.6 Å². The molecule has 2 heterocycles. The summed E-state index contributed by atoms with van der Waals surface area (Å²) in [6, 6.07) is 16.9. The number of likely N-dealkylation sites (N-methyl/N-ethyl adjacent to an activating group) is 1. The lowest BCUT2D eigenvalue weighted by Gasteiger charge is -2.14. The van der Waals surface area contributed by atoms with Crippen molar-refractivity contribution >= 4 is 51.7 Å². The Hall–Kier alpha value is -2.02. The smallest absolute Gasteiger partial charge is 0.265 e. The number of fused-ring (bicyclic) bond motifs is 1. The Kier molecular flexibility index (Phi) is 4.65. The molecule has 0 saturated carbocycles. The van der Waals surface area contributed by atoms with Crippen LogP contribution < -0.4 is 4.90 Å². The molecular weight excluding hydrogens is 380 g/mol. The maximum absolute atomic E-state index is 12.1. The van der Waals surface area contributed by atoms with Crippen LogP contribution in [-0.2, 0) is 4.79 Å². The summed E-state index contributed by atoms with van der Waals surface area (Å²) in [5, 5.41) is 1.09. The van der Waals surface area contributed by atoms with E-state index in [0.29, 0.717) is 9.23 Å². The summed E-state index contributed by atoms with van der Waals surface area (Å²) >= 11 is 8.23. The van der Waals surface area contributed by atoms with Gasteiger partial charge in [-0.05, 0) is 35.4 Å². The van der Waals surface area contributed by atoms with Gasteiger partial charge in [-0.1, -0.05) is 72.1 Å². The van der Waals surface area contributed by atoms with Crippen LogP contribution in [-0.4, -0.2) is 29.2 Å². The van der Waals surface area contributed by atoms with Crippen LogP contribution in [0.25, 0.3) is 11.1 Å².